The number of ketones is 1. The van der Waals surface area contributed by atoms with Crippen molar-refractivity contribution in [3.63, 3.8) is 0 Å². The highest BCUT2D eigenvalue weighted by atomic mass is 16.5. The highest BCUT2D eigenvalue weighted by Crippen LogP contribution is 2.16. The second-order valence-electron chi connectivity index (χ2n) is 3.48. The lowest BCUT2D eigenvalue weighted by molar-refractivity contribution is -0.122. The van der Waals surface area contributed by atoms with E-state index in [1.165, 1.54) is 12.8 Å². The molecule has 1 unspecified atom stereocenters. The molecule has 1 aliphatic heterocycles. The van der Waals surface area contributed by atoms with Crippen molar-refractivity contribution in [2.24, 2.45) is 0 Å². The molecule has 0 aromatic heterocycles. The second-order valence-corrected chi connectivity index (χ2v) is 3.48. The molecule has 1 fully saturated rings. The zero-order chi connectivity index (χ0) is 8.81. The maximum Gasteiger partial charge on any atom is 0.135 e. The molecule has 0 aromatic rings. The second kappa shape index (κ2) is 5.31. The van der Waals surface area contributed by atoms with Gasteiger partial charge in [0.25, 0.3) is 0 Å². The van der Waals surface area contributed by atoms with Crippen LogP contribution in [0.5, 0.6) is 0 Å². The van der Waals surface area contributed by atoms with E-state index in [0.717, 1.165) is 25.9 Å². The van der Waals surface area contributed by atoms with E-state index >= 15 is 0 Å². The SMILES string of the molecule is CCCC(=O)CC1CCCCO1. The largest absolute Gasteiger partial charge is 0.378 e. The first-order chi connectivity index (χ1) is 5.83. The van der Waals surface area contributed by atoms with E-state index in [0.29, 0.717) is 12.2 Å². The number of hydrogen-bond acceptors (Lipinski definition) is 2. The lowest BCUT2D eigenvalue weighted by atomic mass is 10.0. The van der Waals surface area contributed by atoms with Crippen LogP contribution in [-0.4, -0.2) is 18.5 Å². The van der Waals surface area contributed by atoms with Gasteiger partial charge in [-0.1, -0.05) is 6.92 Å². The third-order valence-electron chi connectivity index (χ3n) is 2.26. The smallest absolute Gasteiger partial charge is 0.135 e. The quantitative estimate of drug-likeness (QED) is 0.647. The third kappa shape index (κ3) is 3.35. The molecule has 0 amide bonds. The van der Waals surface area contributed by atoms with Gasteiger partial charge in [0.15, 0.2) is 0 Å². The molecule has 0 N–H and O–H groups in total. The molecule has 0 aliphatic carbocycles. The van der Waals surface area contributed by atoms with Crippen LogP contribution < -0.4 is 0 Å². The summed E-state index contributed by atoms with van der Waals surface area (Å²) < 4.78 is 5.47. The lowest BCUT2D eigenvalue weighted by Gasteiger charge is -2.21. The normalized spacial score (nSPS) is 23.9. The fourth-order valence-electron chi connectivity index (χ4n) is 1.60. The average molecular weight is 170 g/mol. The summed E-state index contributed by atoms with van der Waals surface area (Å²) in [5, 5.41) is 0. The Morgan fingerprint density at radius 1 is 1.50 bits per heavy atom. The van der Waals surface area contributed by atoms with Gasteiger partial charge in [0.1, 0.15) is 5.78 Å². The van der Waals surface area contributed by atoms with Crippen LogP contribution in [0, 0.1) is 0 Å². The van der Waals surface area contributed by atoms with Crippen LogP contribution in [0.1, 0.15) is 45.4 Å². The number of rotatable bonds is 4. The molecule has 2 nitrogen and oxygen atoms in total. The van der Waals surface area contributed by atoms with Crippen LogP contribution in [-0.2, 0) is 9.53 Å². The van der Waals surface area contributed by atoms with Crippen molar-refractivity contribution in [2.45, 2.75) is 51.6 Å². The molecule has 1 heterocycles. The Balaban J connectivity index is 2.15. The number of carbonyl (C=O) groups is 1. The monoisotopic (exact) mass is 170 g/mol. The highest BCUT2D eigenvalue weighted by Gasteiger charge is 2.16. The molecular weight excluding hydrogens is 152 g/mol. The summed E-state index contributed by atoms with van der Waals surface area (Å²) in [6.07, 6.45) is 6.04. The molecule has 0 radical (unpaired) electrons. The van der Waals surface area contributed by atoms with Gasteiger partial charge in [-0.25, -0.2) is 0 Å². The van der Waals surface area contributed by atoms with Crippen molar-refractivity contribution >= 4 is 5.78 Å². The Hall–Kier alpha value is -0.370. The van der Waals surface area contributed by atoms with E-state index in [4.69, 9.17) is 4.74 Å². The summed E-state index contributed by atoms with van der Waals surface area (Å²) in [7, 11) is 0. The lowest BCUT2D eigenvalue weighted by Crippen LogP contribution is -2.22. The van der Waals surface area contributed by atoms with Crippen LogP contribution in [0.2, 0.25) is 0 Å². The zero-order valence-corrected chi connectivity index (χ0v) is 7.84. The van der Waals surface area contributed by atoms with Crippen LogP contribution in [0.15, 0.2) is 0 Å². The zero-order valence-electron chi connectivity index (χ0n) is 7.84. The summed E-state index contributed by atoms with van der Waals surface area (Å²) in [6, 6.07) is 0. The van der Waals surface area contributed by atoms with Gasteiger partial charge < -0.3 is 4.74 Å². The topological polar surface area (TPSA) is 26.3 Å². The van der Waals surface area contributed by atoms with Crippen LogP contribution in [0.3, 0.4) is 0 Å². The summed E-state index contributed by atoms with van der Waals surface area (Å²) >= 11 is 0. The maximum absolute atomic E-state index is 11.2. The standard InChI is InChI=1S/C10H18O2/c1-2-5-9(11)8-10-6-3-4-7-12-10/h10H,2-8H2,1H3. The molecule has 1 aliphatic rings. The number of carbonyl (C=O) groups excluding carboxylic acids is 1. The minimum absolute atomic E-state index is 0.234. The molecule has 70 valence electrons. The predicted molar refractivity (Wildman–Crippen MR) is 48.1 cm³/mol. The van der Waals surface area contributed by atoms with E-state index in [1.807, 2.05) is 6.92 Å². The number of ether oxygens (including phenoxy) is 1. The van der Waals surface area contributed by atoms with Crippen LogP contribution in [0.25, 0.3) is 0 Å². The van der Waals surface area contributed by atoms with Gasteiger partial charge in [0.2, 0.25) is 0 Å². The molecule has 0 aromatic carbocycles. The van der Waals surface area contributed by atoms with Crippen molar-refractivity contribution < 1.29 is 9.53 Å². The Bertz CT molecular complexity index is 137. The van der Waals surface area contributed by atoms with E-state index in [2.05, 4.69) is 0 Å². The first-order valence-electron chi connectivity index (χ1n) is 4.96. The maximum atomic E-state index is 11.2. The van der Waals surface area contributed by atoms with E-state index in [-0.39, 0.29) is 6.10 Å². The fraction of sp³-hybridized carbons (Fsp3) is 0.900. The first kappa shape index (κ1) is 9.72. The van der Waals surface area contributed by atoms with Crippen LogP contribution in [0.4, 0.5) is 0 Å². The molecule has 1 rings (SSSR count). The van der Waals surface area contributed by atoms with Crippen molar-refractivity contribution in [1.29, 1.82) is 0 Å². The van der Waals surface area contributed by atoms with E-state index < -0.39 is 0 Å². The molecule has 0 spiro atoms. The summed E-state index contributed by atoms with van der Waals surface area (Å²) in [5.74, 6) is 0.365. The van der Waals surface area contributed by atoms with E-state index in [1.54, 1.807) is 0 Å². The minimum Gasteiger partial charge on any atom is -0.378 e. The van der Waals surface area contributed by atoms with Gasteiger partial charge in [0, 0.05) is 19.4 Å². The Kier molecular flexibility index (Phi) is 4.30. The fourth-order valence-corrected chi connectivity index (χ4v) is 1.60. The van der Waals surface area contributed by atoms with Gasteiger partial charge in [-0.05, 0) is 25.7 Å². The number of Topliss-reactive ketones (excluding diaryl/α,β-unsaturated/α-hetero) is 1. The van der Waals surface area contributed by atoms with Gasteiger partial charge in [-0.2, -0.15) is 0 Å². The highest BCUT2D eigenvalue weighted by molar-refractivity contribution is 5.78. The summed E-state index contributed by atoms with van der Waals surface area (Å²) in [6.45, 7) is 2.89. The van der Waals surface area contributed by atoms with Gasteiger partial charge in [0.05, 0.1) is 6.10 Å². The van der Waals surface area contributed by atoms with Gasteiger partial charge >= 0.3 is 0 Å². The Labute approximate surface area is 74.3 Å². The molecular formula is C10H18O2. The van der Waals surface area contributed by atoms with Crippen molar-refractivity contribution in [2.75, 3.05) is 6.61 Å². The summed E-state index contributed by atoms with van der Waals surface area (Å²) in [4.78, 5) is 11.2. The van der Waals surface area contributed by atoms with Crippen molar-refractivity contribution in [3.8, 4) is 0 Å². The molecule has 1 saturated heterocycles. The van der Waals surface area contributed by atoms with E-state index in [9.17, 15) is 4.79 Å². The number of hydrogen-bond donors (Lipinski definition) is 0. The Morgan fingerprint density at radius 2 is 2.33 bits per heavy atom. The van der Waals surface area contributed by atoms with Gasteiger partial charge in [-0.15, -0.1) is 0 Å². The summed E-state index contributed by atoms with van der Waals surface area (Å²) in [5.41, 5.74) is 0. The molecule has 2 heteroatoms. The molecule has 0 bridgehead atoms. The Morgan fingerprint density at radius 3 is 2.92 bits per heavy atom. The third-order valence-corrected chi connectivity index (χ3v) is 2.26. The first-order valence-corrected chi connectivity index (χ1v) is 4.96. The molecule has 12 heavy (non-hydrogen) atoms. The molecule has 1 atom stereocenters. The van der Waals surface area contributed by atoms with Crippen LogP contribution >= 0.6 is 0 Å². The predicted octanol–water partition coefficient (Wildman–Crippen LogP) is 2.31. The van der Waals surface area contributed by atoms with Crippen molar-refractivity contribution in [1.82, 2.24) is 0 Å². The van der Waals surface area contributed by atoms with Crippen molar-refractivity contribution in [3.05, 3.63) is 0 Å². The minimum atomic E-state index is 0.234. The van der Waals surface area contributed by atoms with Gasteiger partial charge in [-0.3, -0.25) is 4.79 Å². The molecule has 0 saturated carbocycles. The average Bonchev–Trinajstić information content (AvgIpc) is 2.06.